The summed E-state index contributed by atoms with van der Waals surface area (Å²) in [5.74, 6) is 0.612. The van der Waals surface area contributed by atoms with E-state index in [-0.39, 0.29) is 11.7 Å². The van der Waals surface area contributed by atoms with Gasteiger partial charge in [0.15, 0.2) is 0 Å². The van der Waals surface area contributed by atoms with E-state index in [1.54, 1.807) is 12.4 Å². The van der Waals surface area contributed by atoms with Gasteiger partial charge in [0.05, 0.1) is 0 Å². The van der Waals surface area contributed by atoms with Crippen LogP contribution >= 0.6 is 0 Å². The lowest BCUT2D eigenvalue weighted by Crippen LogP contribution is -2.24. The molecule has 0 saturated carbocycles. The Hall–Kier alpha value is -2.24. The first-order valence-electron chi connectivity index (χ1n) is 5.79. The predicted molar refractivity (Wildman–Crippen MR) is 65.9 cm³/mol. The summed E-state index contributed by atoms with van der Waals surface area (Å²) in [5.41, 5.74) is 2.08. The van der Waals surface area contributed by atoms with Crippen molar-refractivity contribution in [2.24, 2.45) is 0 Å². The molecule has 0 aliphatic heterocycles. The Balaban J connectivity index is 1.98. The molecule has 2 rings (SSSR count). The summed E-state index contributed by atoms with van der Waals surface area (Å²) in [6.45, 7) is 4.35. The third-order valence-electron chi connectivity index (χ3n) is 2.65. The maximum absolute atomic E-state index is 11.8. The van der Waals surface area contributed by atoms with Gasteiger partial charge < -0.3 is 5.32 Å². The monoisotopic (exact) mass is 245 g/mol. The van der Waals surface area contributed by atoms with Gasteiger partial charge in [-0.25, -0.2) is 4.98 Å². The molecule has 0 saturated heterocycles. The van der Waals surface area contributed by atoms with Crippen LogP contribution in [0.25, 0.3) is 0 Å². The van der Waals surface area contributed by atoms with Crippen LogP contribution in [0.2, 0.25) is 0 Å². The quantitative estimate of drug-likeness (QED) is 0.841. The van der Waals surface area contributed by atoms with E-state index in [0.717, 1.165) is 17.5 Å². The first-order chi connectivity index (χ1) is 8.70. The van der Waals surface area contributed by atoms with E-state index in [2.05, 4.69) is 25.5 Å². The minimum atomic E-state index is -0.276. The Labute approximate surface area is 105 Å². The van der Waals surface area contributed by atoms with Crippen LogP contribution in [0.5, 0.6) is 0 Å². The average molecular weight is 245 g/mol. The largest absolute Gasteiger partial charge is 0.345 e. The highest BCUT2D eigenvalue weighted by Gasteiger charge is 2.11. The fourth-order valence-corrected chi connectivity index (χ4v) is 1.51. The van der Waals surface area contributed by atoms with Gasteiger partial charge in [-0.05, 0) is 24.1 Å². The molecule has 0 aromatic carbocycles. The molecule has 6 nitrogen and oxygen atoms in total. The smallest absolute Gasteiger partial charge is 0.291 e. The number of nitrogens with one attached hydrogen (secondary N) is 2. The minimum Gasteiger partial charge on any atom is -0.345 e. The molecule has 1 amide bonds. The maximum atomic E-state index is 11.8. The number of carbonyl (C=O) groups is 1. The third kappa shape index (κ3) is 2.71. The van der Waals surface area contributed by atoms with Gasteiger partial charge in [-0.3, -0.25) is 14.9 Å². The number of nitrogens with zero attached hydrogens (tertiary/aromatic N) is 3. The Morgan fingerprint density at radius 1 is 1.50 bits per heavy atom. The summed E-state index contributed by atoms with van der Waals surface area (Å²) in [6, 6.07) is 1.88. The Kier molecular flexibility index (Phi) is 3.66. The number of carbonyl (C=O) groups excluding carboxylic acids is 1. The molecule has 0 unspecified atom stereocenters. The Morgan fingerprint density at radius 3 is 3.00 bits per heavy atom. The Bertz CT molecular complexity index is 549. The standard InChI is InChI=1S/C12H15N5O/c1-3-10-15-11(17-16-10)12(18)14-7-9-4-5-13-6-8(9)2/h4-6H,3,7H2,1-2H3,(H,14,18)(H,15,16,17). The van der Waals surface area contributed by atoms with Crippen molar-refractivity contribution in [1.29, 1.82) is 0 Å². The van der Waals surface area contributed by atoms with Crippen molar-refractivity contribution in [3.8, 4) is 0 Å². The van der Waals surface area contributed by atoms with Gasteiger partial charge in [0.1, 0.15) is 5.82 Å². The van der Waals surface area contributed by atoms with E-state index in [1.165, 1.54) is 0 Å². The van der Waals surface area contributed by atoms with Crippen LogP contribution in [0, 0.1) is 6.92 Å². The van der Waals surface area contributed by atoms with Crippen LogP contribution in [-0.2, 0) is 13.0 Å². The molecular weight excluding hydrogens is 230 g/mol. The van der Waals surface area contributed by atoms with Gasteiger partial charge in [-0.15, -0.1) is 5.10 Å². The van der Waals surface area contributed by atoms with Crippen LogP contribution in [0.15, 0.2) is 18.5 Å². The number of hydrogen-bond donors (Lipinski definition) is 2. The summed E-state index contributed by atoms with van der Waals surface area (Å²) < 4.78 is 0. The van der Waals surface area contributed by atoms with E-state index < -0.39 is 0 Å². The molecule has 0 bridgehead atoms. The summed E-state index contributed by atoms with van der Waals surface area (Å²) in [7, 11) is 0. The zero-order valence-electron chi connectivity index (χ0n) is 10.4. The van der Waals surface area contributed by atoms with Gasteiger partial charge in [0.25, 0.3) is 5.91 Å². The summed E-state index contributed by atoms with van der Waals surface area (Å²) in [5, 5.41) is 9.36. The zero-order valence-corrected chi connectivity index (χ0v) is 10.4. The lowest BCUT2D eigenvalue weighted by atomic mass is 10.1. The molecule has 0 aliphatic carbocycles. The van der Waals surface area contributed by atoms with Crippen molar-refractivity contribution < 1.29 is 4.79 Å². The maximum Gasteiger partial charge on any atom is 0.291 e. The van der Waals surface area contributed by atoms with Crippen molar-refractivity contribution in [2.45, 2.75) is 26.8 Å². The topological polar surface area (TPSA) is 83.6 Å². The predicted octanol–water partition coefficient (Wildman–Crippen LogP) is 1.00. The van der Waals surface area contributed by atoms with Crippen LogP contribution in [-0.4, -0.2) is 26.1 Å². The number of aromatic nitrogens is 4. The minimum absolute atomic E-state index is 0.179. The second kappa shape index (κ2) is 5.39. The van der Waals surface area contributed by atoms with Crippen molar-refractivity contribution in [3.63, 3.8) is 0 Å². The van der Waals surface area contributed by atoms with Gasteiger partial charge in [-0.1, -0.05) is 6.92 Å². The normalized spacial score (nSPS) is 10.3. The highest BCUT2D eigenvalue weighted by atomic mass is 16.2. The number of rotatable bonds is 4. The molecule has 6 heteroatoms. The fraction of sp³-hybridized carbons (Fsp3) is 0.333. The molecule has 2 N–H and O–H groups in total. The third-order valence-corrected chi connectivity index (χ3v) is 2.65. The first-order valence-corrected chi connectivity index (χ1v) is 5.79. The van der Waals surface area contributed by atoms with Crippen LogP contribution in [0.3, 0.4) is 0 Å². The molecule has 2 aromatic heterocycles. The number of hydrogen-bond acceptors (Lipinski definition) is 4. The molecule has 94 valence electrons. The summed E-state index contributed by atoms with van der Waals surface area (Å²) in [4.78, 5) is 19.9. The molecule has 18 heavy (non-hydrogen) atoms. The second-order valence-electron chi connectivity index (χ2n) is 3.94. The number of aromatic amines is 1. The molecule has 0 atom stereocenters. The van der Waals surface area contributed by atoms with Crippen LogP contribution < -0.4 is 5.32 Å². The SMILES string of the molecule is CCc1nc(C(=O)NCc2ccncc2C)n[nH]1. The molecule has 0 radical (unpaired) electrons. The van der Waals surface area contributed by atoms with Gasteiger partial charge in [-0.2, -0.15) is 0 Å². The van der Waals surface area contributed by atoms with E-state index >= 15 is 0 Å². The summed E-state index contributed by atoms with van der Waals surface area (Å²) >= 11 is 0. The van der Waals surface area contributed by atoms with Crippen molar-refractivity contribution >= 4 is 5.91 Å². The van der Waals surface area contributed by atoms with Gasteiger partial charge in [0, 0.05) is 25.4 Å². The van der Waals surface area contributed by atoms with Gasteiger partial charge >= 0.3 is 0 Å². The molecular formula is C12H15N5O. The lowest BCUT2D eigenvalue weighted by molar-refractivity contribution is 0.0941. The molecule has 2 heterocycles. The highest BCUT2D eigenvalue weighted by Crippen LogP contribution is 2.04. The van der Waals surface area contributed by atoms with Crippen molar-refractivity contribution in [1.82, 2.24) is 25.5 Å². The van der Waals surface area contributed by atoms with Crippen LogP contribution in [0.1, 0.15) is 34.5 Å². The van der Waals surface area contributed by atoms with E-state index in [4.69, 9.17) is 0 Å². The average Bonchev–Trinajstić information content (AvgIpc) is 2.86. The zero-order chi connectivity index (χ0) is 13.0. The summed E-state index contributed by atoms with van der Waals surface area (Å²) in [6.07, 6.45) is 4.20. The van der Waals surface area contributed by atoms with E-state index in [1.807, 2.05) is 19.9 Å². The lowest BCUT2D eigenvalue weighted by Gasteiger charge is -2.05. The molecule has 0 spiro atoms. The van der Waals surface area contributed by atoms with E-state index in [9.17, 15) is 4.79 Å². The number of aryl methyl sites for hydroxylation is 2. The second-order valence-corrected chi connectivity index (χ2v) is 3.94. The molecule has 0 fully saturated rings. The molecule has 2 aromatic rings. The van der Waals surface area contributed by atoms with Crippen LogP contribution in [0.4, 0.5) is 0 Å². The van der Waals surface area contributed by atoms with Gasteiger partial charge in [0.2, 0.25) is 5.82 Å². The van der Waals surface area contributed by atoms with Crippen molar-refractivity contribution in [2.75, 3.05) is 0 Å². The fourth-order valence-electron chi connectivity index (χ4n) is 1.51. The molecule has 0 aliphatic rings. The van der Waals surface area contributed by atoms with Crippen molar-refractivity contribution in [3.05, 3.63) is 41.2 Å². The number of H-pyrrole nitrogens is 1. The first kappa shape index (κ1) is 12.2. The Morgan fingerprint density at radius 2 is 2.33 bits per heavy atom. The number of amides is 1. The highest BCUT2D eigenvalue weighted by molar-refractivity contribution is 5.90. The van der Waals surface area contributed by atoms with E-state index in [0.29, 0.717) is 12.4 Å². The number of pyridine rings is 1.